The fraction of sp³-hybridized carbons (Fsp3) is 0.538. The summed E-state index contributed by atoms with van der Waals surface area (Å²) in [5, 5.41) is 18.3. The van der Waals surface area contributed by atoms with E-state index in [9.17, 15) is 5.11 Å². The molecule has 0 aromatic carbocycles. The van der Waals surface area contributed by atoms with Gasteiger partial charge in [-0.05, 0) is 41.7 Å². The van der Waals surface area contributed by atoms with Crippen molar-refractivity contribution in [1.29, 1.82) is 0 Å². The Balaban J connectivity index is 1.74. The third-order valence-corrected chi connectivity index (χ3v) is 5.29. The van der Waals surface area contributed by atoms with Gasteiger partial charge in [0.2, 0.25) is 6.21 Å². The van der Waals surface area contributed by atoms with Gasteiger partial charge in [-0.25, -0.2) is 0 Å². The molecule has 1 aliphatic heterocycles. The summed E-state index contributed by atoms with van der Waals surface area (Å²) in [6.45, 7) is 0. The van der Waals surface area contributed by atoms with Crippen molar-refractivity contribution in [3.05, 3.63) is 22.4 Å². The van der Waals surface area contributed by atoms with Crippen molar-refractivity contribution in [3.63, 3.8) is 0 Å². The van der Waals surface area contributed by atoms with E-state index in [1.807, 2.05) is 17.0 Å². The highest BCUT2D eigenvalue weighted by Gasteiger charge is 2.57. The molecule has 4 rings (SSSR count). The van der Waals surface area contributed by atoms with Crippen molar-refractivity contribution in [3.8, 4) is 0 Å². The van der Waals surface area contributed by atoms with Crippen LogP contribution in [-0.2, 0) is 0 Å². The maximum absolute atomic E-state index is 12.0. The number of nitrogens with zero attached hydrogens (tertiary/aromatic N) is 2. The van der Waals surface area contributed by atoms with Crippen LogP contribution in [0.1, 0.15) is 24.1 Å². The lowest BCUT2D eigenvalue weighted by molar-refractivity contribution is -0.568. The molecule has 4 heteroatoms. The van der Waals surface area contributed by atoms with Crippen molar-refractivity contribution < 1.29 is 9.79 Å². The molecule has 2 heterocycles. The second-order valence-electron chi connectivity index (χ2n) is 5.31. The zero-order chi connectivity index (χ0) is 11.4. The van der Waals surface area contributed by atoms with E-state index in [0.29, 0.717) is 17.9 Å². The number of hydrazone groups is 1. The molecule has 4 unspecified atom stereocenters. The summed E-state index contributed by atoms with van der Waals surface area (Å²) in [5.74, 6) is 1.62. The fourth-order valence-corrected chi connectivity index (χ4v) is 4.49. The molecule has 2 fully saturated rings. The van der Waals surface area contributed by atoms with Gasteiger partial charge >= 0.3 is 0 Å². The minimum Gasteiger partial charge on any atom is -0.857 e. The molecule has 0 saturated heterocycles. The van der Waals surface area contributed by atoms with Crippen LogP contribution in [0.25, 0.3) is 0 Å². The quantitative estimate of drug-likeness (QED) is 0.688. The molecule has 88 valence electrons. The Bertz CT molecular complexity index is 505. The normalized spacial score (nSPS) is 40.9. The average molecular weight is 246 g/mol. The van der Waals surface area contributed by atoms with Crippen molar-refractivity contribution in [2.45, 2.75) is 25.3 Å². The SMILES string of the molecule is [O-]C1=N[N+](=Cc2cccs2)C2C3CCC(C3)C12. The van der Waals surface area contributed by atoms with Crippen molar-refractivity contribution >= 4 is 23.4 Å². The Morgan fingerprint density at radius 2 is 2.29 bits per heavy atom. The Labute approximate surface area is 104 Å². The minimum atomic E-state index is 0.120. The van der Waals surface area contributed by atoms with Crippen molar-refractivity contribution in [1.82, 2.24) is 0 Å². The first kappa shape index (κ1) is 9.83. The molecule has 0 spiro atoms. The summed E-state index contributed by atoms with van der Waals surface area (Å²) >= 11 is 1.70. The van der Waals surface area contributed by atoms with E-state index < -0.39 is 0 Å². The first-order valence-corrected chi connectivity index (χ1v) is 7.13. The van der Waals surface area contributed by atoms with E-state index in [0.717, 1.165) is 0 Å². The lowest BCUT2D eigenvalue weighted by atomic mass is 9.85. The zero-order valence-corrected chi connectivity index (χ0v) is 10.3. The zero-order valence-electron chi connectivity index (χ0n) is 9.45. The molecule has 4 atom stereocenters. The van der Waals surface area contributed by atoms with Gasteiger partial charge in [-0.1, -0.05) is 10.8 Å². The third-order valence-electron chi connectivity index (χ3n) is 4.48. The molecular weight excluding hydrogens is 232 g/mol. The summed E-state index contributed by atoms with van der Waals surface area (Å²) in [4.78, 5) is 1.19. The van der Waals surface area contributed by atoms with E-state index in [1.54, 1.807) is 11.3 Å². The highest BCUT2D eigenvalue weighted by Crippen LogP contribution is 2.51. The molecule has 0 radical (unpaired) electrons. The molecule has 1 aromatic rings. The molecule has 2 saturated carbocycles. The van der Waals surface area contributed by atoms with Gasteiger partial charge in [-0.15, -0.1) is 11.3 Å². The van der Waals surface area contributed by atoms with Gasteiger partial charge in [0.05, 0.1) is 10.8 Å². The van der Waals surface area contributed by atoms with Crippen LogP contribution in [0.4, 0.5) is 0 Å². The maximum atomic E-state index is 12.0. The molecule has 2 bridgehead atoms. The fourth-order valence-electron chi connectivity index (χ4n) is 3.85. The van der Waals surface area contributed by atoms with Gasteiger partial charge in [0.1, 0.15) is 0 Å². The molecule has 0 amide bonds. The van der Waals surface area contributed by atoms with Crippen LogP contribution in [0.5, 0.6) is 0 Å². The first-order chi connectivity index (χ1) is 8.33. The second-order valence-corrected chi connectivity index (χ2v) is 6.29. The topological polar surface area (TPSA) is 38.4 Å². The highest BCUT2D eigenvalue weighted by molar-refractivity contribution is 7.11. The van der Waals surface area contributed by atoms with Gasteiger partial charge in [0.25, 0.3) is 0 Å². The maximum Gasteiger partial charge on any atom is 0.213 e. The lowest BCUT2D eigenvalue weighted by Gasteiger charge is -2.22. The van der Waals surface area contributed by atoms with Crippen LogP contribution in [0.3, 0.4) is 0 Å². The molecule has 2 aliphatic carbocycles. The molecule has 3 nitrogen and oxygen atoms in total. The number of hydrogen-bond acceptors (Lipinski definition) is 3. The molecule has 17 heavy (non-hydrogen) atoms. The van der Waals surface area contributed by atoms with Gasteiger partial charge in [0.15, 0.2) is 6.04 Å². The average Bonchev–Trinajstić information content (AvgIpc) is 3.04. The van der Waals surface area contributed by atoms with E-state index in [2.05, 4.69) is 16.5 Å². The molecular formula is C13H14N2OS. The summed E-state index contributed by atoms with van der Waals surface area (Å²) < 4.78 is 1.96. The Morgan fingerprint density at radius 3 is 3.12 bits per heavy atom. The predicted octanol–water partition coefficient (Wildman–Crippen LogP) is 1.28. The highest BCUT2D eigenvalue weighted by atomic mass is 32.1. The van der Waals surface area contributed by atoms with Crippen LogP contribution in [0.2, 0.25) is 0 Å². The molecule has 1 aromatic heterocycles. The summed E-state index contributed by atoms with van der Waals surface area (Å²) in [5.41, 5.74) is 0. The standard InChI is InChI=1S/C13H14N2OS/c16-13-11-8-3-4-9(6-8)12(11)15(14-13)7-10-2-1-5-17-10/h1-2,5,7-9,11-12H,3-4,6H2. The van der Waals surface area contributed by atoms with E-state index in [-0.39, 0.29) is 11.8 Å². The number of thiophene rings is 1. The van der Waals surface area contributed by atoms with Crippen molar-refractivity contribution in [2.75, 3.05) is 0 Å². The lowest BCUT2D eigenvalue weighted by Crippen LogP contribution is -2.37. The smallest absolute Gasteiger partial charge is 0.213 e. The summed E-state index contributed by atoms with van der Waals surface area (Å²) in [6, 6.07) is 4.47. The minimum absolute atomic E-state index is 0.120. The number of fused-ring (bicyclic) bond motifs is 5. The Hall–Kier alpha value is -1.16. The summed E-state index contributed by atoms with van der Waals surface area (Å²) in [6.07, 6.45) is 5.81. The van der Waals surface area contributed by atoms with Crippen LogP contribution < -0.4 is 5.11 Å². The van der Waals surface area contributed by atoms with E-state index in [4.69, 9.17) is 0 Å². The van der Waals surface area contributed by atoms with E-state index >= 15 is 0 Å². The number of rotatable bonds is 1. The Morgan fingerprint density at radius 1 is 1.41 bits per heavy atom. The molecule has 0 N–H and O–H groups in total. The second kappa shape index (κ2) is 3.42. The number of hydrogen-bond donors (Lipinski definition) is 0. The predicted molar refractivity (Wildman–Crippen MR) is 65.3 cm³/mol. The largest absolute Gasteiger partial charge is 0.857 e. The van der Waals surface area contributed by atoms with Gasteiger partial charge in [0, 0.05) is 11.8 Å². The molecule has 3 aliphatic rings. The first-order valence-electron chi connectivity index (χ1n) is 6.25. The van der Waals surface area contributed by atoms with Crippen LogP contribution in [-0.4, -0.2) is 22.8 Å². The third kappa shape index (κ3) is 1.33. The van der Waals surface area contributed by atoms with Crippen LogP contribution >= 0.6 is 11.3 Å². The van der Waals surface area contributed by atoms with E-state index in [1.165, 1.54) is 24.1 Å². The van der Waals surface area contributed by atoms with Gasteiger partial charge in [-0.2, -0.15) is 0 Å². The van der Waals surface area contributed by atoms with Gasteiger partial charge in [-0.3, -0.25) is 0 Å². The van der Waals surface area contributed by atoms with Gasteiger partial charge < -0.3 is 5.11 Å². The summed E-state index contributed by atoms with van der Waals surface area (Å²) in [7, 11) is 0. The van der Waals surface area contributed by atoms with Crippen molar-refractivity contribution in [2.24, 2.45) is 22.9 Å². The van der Waals surface area contributed by atoms with Crippen LogP contribution in [0, 0.1) is 17.8 Å². The Kier molecular flexibility index (Phi) is 1.98. The van der Waals surface area contributed by atoms with Crippen LogP contribution in [0.15, 0.2) is 22.6 Å². The monoisotopic (exact) mass is 246 g/mol.